The molecule has 0 radical (unpaired) electrons. The second kappa shape index (κ2) is 7.40. The van der Waals surface area contributed by atoms with Crippen LogP contribution in [0, 0.1) is 11.7 Å². The van der Waals surface area contributed by atoms with Crippen molar-refractivity contribution in [3.8, 4) is 17.1 Å². The standard InChI is InChI=1S/C18H16F6N4O2/c1-16(2,18(22,23)24)30-15-11(19)3-9(5-28-15)12-6-26-14(8-25-12)27-7-13(29)10-4-17(10,20)21/h3,5-6,8,10H,4,7H2,1-2H3,(H,26,27). The first-order valence-corrected chi connectivity index (χ1v) is 8.68. The molecule has 6 nitrogen and oxygen atoms in total. The van der Waals surface area contributed by atoms with E-state index in [1.807, 2.05) is 0 Å². The maximum atomic E-state index is 14.2. The molecular formula is C18H16F6N4O2. The van der Waals surface area contributed by atoms with Gasteiger partial charge in [0.25, 0.3) is 11.8 Å². The molecule has 1 fully saturated rings. The fraction of sp³-hybridized carbons (Fsp3) is 0.444. The SMILES string of the molecule is CC(C)(Oc1ncc(-c2cnc(NCC(=O)C3CC3(F)F)cn2)cc1F)C(F)(F)F. The first-order chi connectivity index (χ1) is 13.8. The molecule has 1 aliphatic carbocycles. The fourth-order valence-corrected chi connectivity index (χ4v) is 2.37. The third-order valence-corrected chi connectivity index (χ3v) is 4.45. The highest BCUT2D eigenvalue weighted by Gasteiger charge is 2.60. The number of hydrogen-bond donors (Lipinski definition) is 1. The number of nitrogens with zero attached hydrogens (tertiary/aromatic N) is 3. The highest BCUT2D eigenvalue weighted by molar-refractivity contribution is 5.88. The highest BCUT2D eigenvalue weighted by atomic mass is 19.4. The van der Waals surface area contributed by atoms with Crippen molar-refractivity contribution in [2.45, 2.75) is 38.0 Å². The number of ketones is 1. The Bertz CT molecular complexity index is 947. The van der Waals surface area contributed by atoms with Gasteiger partial charge in [-0.1, -0.05) is 0 Å². The summed E-state index contributed by atoms with van der Waals surface area (Å²) in [6.45, 7) is 1.15. The summed E-state index contributed by atoms with van der Waals surface area (Å²) >= 11 is 0. The van der Waals surface area contributed by atoms with E-state index in [9.17, 15) is 31.1 Å². The molecule has 1 N–H and O–H groups in total. The van der Waals surface area contributed by atoms with E-state index in [4.69, 9.17) is 0 Å². The van der Waals surface area contributed by atoms with Crippen molar-refractivity contribution < 1.29 is 35.9 Å². The van der Waals surface area contributed by atoms with Crippen molar-refractivity contribution in [3.63, 3.8) is 0 Å². The molecule has 1 unspecified atom stereocenters. The van der Waals surface area contributed by atoms with Crippen LogP contribution in [0.15, 0.2) is 24.7 Å². The van der Waals surface area contributed by atoms with Gasteiger partial charge in [0, 0.05) is 18.2 Å². The molecule has 12 heteroatoms. The van der Waals surface area contributed by atoms with Gasteiger partial charge in [0.2, 0.25) is 0 Å². The van der Waals surface area contributed by atoms with Crippen LogP contribution in [-0.2, 0) is 4.79 Å². The summed E-state index contributed by atoms with van der Waals surface area (Å²) in [6.07, 6.45) is -1.72. The summed E-state index contributed by atoms with van der Waals surface area (Å²) in [5.74, 6) is -6.68. The number of hydrogen-bond acceptors (Lipinski definition) is 6. The number of Topliss-reactive ketones (excluding diaryl/α,β-unsaturated/α-hetero) is 1. The molecule has 1 aliphatic rings. The van der Waals surface area contributed by atoms with Crippen LogP contribution in [0.3, 0.4) is 0 Å². The smallest absolute Gasteiger partial charge is 0.427 e. The molecule has 2 aromatic rings. The Balaban J connectivity index is 1.65. The topological polar surface area (TPSA) is 77.0 Å². The molecule has 2 heterocycles. The van der Waals surface area contributed by atoms with E-state index in [0.29, 0.717) is 0 Å². The van der Waals surface area contributed by atoms with Crippen molar-refractivity contribution >= 4 is 11.6 Å². The number of aromatic nitrogens is 3. The van der Waals surface area contributed by atoms with Gasteiger partial charge in [-0.05, 0) is 19.9 Å². The van der Waals surface area contributed by atoms with Gasteiger partial charge in [0.15, 0.2) is 17.2 Å². The zero-order chi connectivity index (χ0) is 22.3. The summed E-state index contributed by atoms with van der Waals surface area (Å²) in [6, 6.07) is 0.893. The number of nitrogens with one attached hydrogen (secondary N) is 1. The molecule has 1 saturated carbocycles. The second-order valence-electron chi connectivity index (χ2n) is 7.25. The van der Waals surface area contributed by atoms with E-state index in [1.165, 1.54) is 12.4 Å². The third kappa shape index (κ3) is 4.62. The van der Waals surface area contributed by atoms with E-state index < -0.39 is 47.5 Å². The lowest BCUT2D eigenvalue weighted by atomic mass is 10.1. The van der Waals surface area contributed by atoms with Gasteiger partial charge in [-0.2, -0.15) is 13.2 Å². The van der Waals surface area contributed by atoms with Crippen molar-refractivity contribution in [3.05, 3.63) is 30.5 Å². The predicted molar refractivity (Wildman–Crippen MR) is 92.5 cm³/mol. The Hall–Kier alpha value is -2.92. The average molecular weight is 434 g/mol. The zero-order valence-corrected chi connectivity index (χ0v) is 15.7. The van der Waals surface area contributed by atoms with Gasteiger partial charge in [0.05, 0.1) is 30.6 Å². The van der Waals surface area contributed by atoms with Crippen LogP contribution in [0.25, 0.3) is 11.3 Å². The number of ether oxygens (including phenoxy) is 1. The normalized spacial score (nSPS) is 18.1. The van der Waals surface area contributed by atoms with Gasteiger partial charge in [-0.25, -0.2) is 23.1 Å². The number of carbonyl (C=O) groups is 1. The molecule has 0 aliphatic heterocycles. The predicted octanol–water partition coefficient (Wildman–Crippen LogP) is 4.03. The Kier molecular flexibility index (Phi) is 5.37. The summed E-state index contributed by atoms with van der Waals surface area (Å²) in [5.41, 5.74) is -2.37. The number of rotatable bonds is 7. The summed E-state index contributed by atoms with van der Waals surface area (Å²) in [5, 5.41) is 2.57. The van der Waals surface area contributed by atoms with Gasteiger partial charge >= 0.3 is 6.18 Å². The second-order valence-corrected chi connectivity index (χ2v) is 7.25. The number of anilines is 1. The van der Waals surface area contributed by atoms with Crippen LogP contribution in [0.4, 0.5) is 32.2 Å². The monoisotopic (exact) mass is 434 g/mol. The maximum absolute atomic E-state index is 14.2. The van der Waals surface area contributed by atoms with Crippen molar-refractivity contribution in [1.82, 2.24) is 15.0 Å². The molecule has 0 saturated heterocycles. The van der Waals surface area contributed by atoms with Gasteiger partial charge in [0.1, 0.15) is 5.82 Å². The molecule has 3 rings (SSSR count). The van der Waals surface area contributed by atoms with Crippen LogP contribution >= 0.6 is 0 Å². The number of carbonyl (C=O) groups excluding carboxylic acids is 1. The Morgan fingerprint density at radius 2 is 1.87 bits per heavy atom. The van der Waals surface area contributed by atoms with Crippen molar-refractivity contribution in [2.75, 3.05) is 11.9 Å². The average Bonchev–Trinajstić information content (AvgIpc) is 3.29. The largest absolute Gasteiger partial charge is 0.460 e. The summed E-state index contributed by atoms with van der Waals surface area (Å²) < 4.78 is 83.1. The minimum atomic E-state index is -4.73. The molecule has 0 bridgehead atoms. The molecule has 30 heavy (non-hydrogen) atoms. The summed E-state index contributed by atoms with van der Waals surface area (Å²) in [7, 11) is 0. The fourth-order valence-electron chi connectivity index (χ4n) is 2.37. The Morgan fingerprint density at radius 3 is 2.37 bits per heavy atom. The van der Waals surface area contributed by atoms with Gasteiger partial charge in [-0.15, -0.1) is 0 Å². The first-order valence-electron chi connectivity index (χ1n) is 8.68. The Morgan fingerprint density at radius 1 is 1.20 bits per heavy atom. The molecular weight excluding hydrogens is 418 g/mol. The number of halogens is 6. The van der Waals surface area contributed by atoms with E-state index in [-0.39, 0.29) is 23.6 Å². The van der Waals surface area contributed by atoms with Gasteiger partial charge in [-0.3, -0.25) is 9.78 Å². The van der Waals surface area contributed by atoms with Gasteiger partial charge < -0.3 is 10.1 Å². The first kappa shape index (κ1) is 21.8. The van der Waals surface area contributed by atoms with Crippen LogP contribution < -0.4 is 10.1 Å². The van der Waals surface area contributed by atoms with E-state index in [1.54, 1.807) is 0 Å². The lowest BCUT2D eigenvalue weighted by Crippen LogP contribution is -2.45. The minimum Gasteiger partial charge on any atom is -0.460 e. The number of pyridine rings is 1. The lowest BCUT2D eigenvalue weighted by molar-refractivity contribution is -0.235. The van der Waals surface area contributed by atoms with Crippen LogP contribution in [0.1, 0.15) is 20.3 Å². The Labute approximate surface area is 166 Å². The molecule has 162 valence electrons. The van der Waals surface area contributed by atoms with Crippen LogP contribution in [0.5, 0.6) is 5.88 Å². The molecule has 0 aromatic carbocycles. The quantitative estimate of drug-likeness (QED) is 0.663. The minimum absolute atomic E-state index is 0.123. The third-order valence-electron chi connectivity index (χ3n) is 4.45. The summed E-state index contributed by atoms with van der Waals surface area (Å²) in [4.78, 5) is 23.1. The van der Waals surface area contributed by atoms with E-state index in [0.717, 1.165) is 26.1 Å². The van der Waals surface area contributed by atoms with Crippen molar-refractivity contribution in [2.24, 2.45) is 5.92 Å². The molecule has 0 spiro atoms. The van der Waals surface area contributed by atoms with E-state index >= 15 is 0 Å². The zero-order valence-electron chi connectivity index (χ0n) is 15.7. The molecule has 2 aromatic heterocycles. The van der Waals surface area contributed by atoms with Crippen molar-refractivity contribution in [1.29, 1.82) is 0 Å². The highest BCUT2D eigenvalue weighted by Crippen LogP contribution is 2.49. The lowest BCUT2D eigenvalue weighted by Gasteiger charge is -2.28. The molecule has 0 amide bonds. The molecule has 1 atom stereocenters. The number of alkyl halides is 5. The van der Waals surface area contributed by atoms with Crippen LogP contribution in [0.2, 0.25) is 0 Å². The maximum Gasteiger partial charge on any atom is 0.427 e. The van der Waals surface area contributed by atoms with Crippen LogP contribution in [-0.4, -0.2) is 45.0 Å². The van der Waals surface area contributed by atoms with E-state index in [2.05, 4.69) is 25.0 Å².